The normalized spacial score (nSPS) is 15.9. The fourth-order valence-corrected chi connectivity index (χ4v) is 3.20. The van der Waals surface area contributed by atoms with Crippen LogP contribution in [0.1, 0.15) is 12.8 Å². The number of nitrogens with one attached hydrogen (secondary N) is 2. The number of hydrogen-bond donors (Lipinski definition) is 2. The molecule has 1 fully saturated rings. The Bertz CT molecular complexity index is 809. The van der Waals surface area contributed by atoms with Gasteiger partial charge in [-0.1, -0.05) is 0 Å². The van der Waals surface area contributed by atoms with Gasteiger partial charge in [0.05, 0.1) is 7.11 Å². The second-order valence-corrected chi connectivity index (χ2v) is 6.46. The van der Waals surface area contributed by atoms with E-state index < -0.39 is 18.3 Å². The van der Waals surface area contributed by atoms with Crippen molar-refractivity contribution < 1.29 is 27.4 Å². The number of methoxy groups -OCH3 is 1. The molecular formula is C18H22ClF3N4O3. The van der Waals surface area contributed by atoms with Crippen LogP contribution in [0.25, 0.3) is 0 Å². The summed E-state index contributed by atoms with van der Waals surface area (Å²) in [6.07, 6.45) is -0.0734. The third kappa shape index (κ3) is 5.33. The average Bonchev–Trinajstić information content (AvgIpc) is 3.22. The fourth-order valence-electron chi connectivity index (χ4n) is 3.20. The van der Waals surface area contributed by atoms with E-state index in [1.54, 1.807) is 29.2 Å². The zero-order valence-electron chi connectivity index (χ0n) is 15.7. The lowest BCUT2D eigenvalue weighted by atomic mass is 9.87. The van der Waals surface area contributed by atoms with Gasteiger partial charge in [-0.15, -0.1) is 12.4 Å². The highest BCUT2D eigenvalue weighted by atomic mass is 35.5. The first-order valence-corrected chi connectivity index (χ1v) is 8.74. The van der Waals surface area contributed by atoms with Gasteiger partial charge in [0.25, 0.3) is 5.91 Å². The Balaban J connectivity index is 0.00000300. The number of ether oxygens (including phenoxy) is 2. The number of alkyl halides is 3. The van der Waals surface area contributed by atoms with E-state index in [-0.39, 0.29) is 29.8 Å². The van der Waals surface area contributed by atoms with Crippen molar-refractivity contribution in [1.29, 1.82) is 0 Å². The van der Waals surface area contributed by atoms with E-state index in [2.05, 4.69) is 15.7 Å². The Labute approximate surface area is 172 Å². The average molecular weight is 435 g/mol. The molecule has 1 aliphatic rings. The molecule has 11 heteroatoms. The molecule has 0 radical (unpaired) electrons. The van der Waals surface area contributed by atoms with Crippen molar-refractivity contribution >= 4 is 24.0 Å². The van der Waals surface area contributed by atoms with Gasteiger partial charge in [0.1, 0.15) is 5.54 Å². The molecule has 2 aromatic rings. The smallest absolute Gasteiger partial charge is 0.422 e. The molecular weight excluding hydrogens is 413 g/mol. The van der Waals surface area contributed by atoms with Gasteiger partial charge in [-0.3, -0.25) is 9.48 Å². The number of carbonyl (C=O) groups is 1. The third-order valence-electron chi connectivity index (χ3n) is 4.61. The van der Waals surface area contributed by atoms with Gasteiger partial charge in [-0.2, -0.15) is 18.3 Å². The minimum absolute atomic E-state index is 0. The molecule has 2 N–H and O–H groups in total. The summed E-state index contributed by atoms with van der Waals surface area (Å²) in [7, 11) is 1.33. The summed E-state index contributed by atoms with van der Waals surface area (Å²) in [6.45, 7) is -0.157. The number of rotatable bonds is 6. The first-order chi connectivity index (χ1) is 13.3. The number of aromatic nitrogens is 2. The van der Waals surface area contributed by atoms with Crippen molar-refractivity contribution in [1.82, 2.24) is 15.1 Å². The molecule has 0 aliphatic carbocycles. The number of benzene rings is 1. The highest BCUT2D eigenvalue weighted by Crippen LogP contribution is 2.33. The summed E-state index contributed by atoms with van der Waals surface area (Å²) in [5, 5.41) is 10.2. The Morgan fingerprint density at radius 2 is 2.03 bits per heavy atom. The molecule has 0 saturated carbocycles. The summed E-state index contributed by atoms with van der Waals surface area (Å²) in [5.74, 6) is -0.244. The van der Waals surface area contributed by atoms with Gasteiger partial charge >= 0.3 is 6.18 Å². The van der Waals surface area contributed by atoms with Gasteiger partial charge in [-0.25, -0.2) is 0 Å². The summed E-state index contributed by atoms with van der Waals surface area (Å²) in [4.78, 5) is 13.1. The Morgan fingerprint density at radius 1 is 1.31 bits per heavy atom. The zero-order chi connectivity index (χ0) is 20.2. The maximum Gasteiger partial charge on any atom is 0.422 e. The Hall–Kier alpha value is -2.46. The minimum Gasteiger partial charge on any atom is -0.493 e. The van der Waals surface area contributed by atoms with Crippen molar-refractivity contribution in [3.05, 3.63) is 36.7 Å². The van der Waals surface area contributed by atoms with Crippen LogP contribution in [0.3, 0.4) is 0 Å². The molecule has 160 valence electrons. The molecule has 1 aliphatic heterocycles. The SMILES string of the molecule is COc1ccc(NC(=O)C2(n3cccn3)CCNCC2)cc1OCC(F)(F)F.Cl. The summed E-state index contributed by atoms with van der Waals surface area (Å²) >= 11 is 0. The predicted octanol–water partition coefficient (Wildman–Crippen LogP) is 2.97. The van der Waals surface area contributed by atoms with Crippen LogP contribution in [-0.2, 0) is 10.3 Å². The molecule has 0 unspecified atom stereocenters. The van der Waals surface area contributed by atoms with Crippen LogP contribution in [0.15, 0.2) is 36.7 Å². The lowest BCUT2D eigenvalue weighted by Crippen LogP contribution is -2.52. The first kappa shape index (κ1) is 22.8. The molecule has 0 spiro atoms. The maximum atomic E-state index is 13.1. The maximum absolute atomic E-state index is 13.1. The van der Waals surface area contributed by atoms with Crippen molar-refractivity contribution in [3.8, 4) is 11.5 Å². The van der Waals surface area contributed by atoms with Crippen LogP contribution in [0.2, 0.25) is 0 Å². The van der Waals surface area contributed by atoms with Crippen LogP contribution in [0.4, 0.5) is 18.9 Å². The number of halogens is 4. The van der Waals surface area contributed by atoms with Crippen molar-refractivity contribution in [3.63, 3.8) is 0 Å². The number of anilines is 1. The van der Waals surface area contributed by atoms with E-state index in [0.29, 0.717) is 31.6 Å². The first-order valence-electron chi connectivity index (χ1n) is 8.74. The van der Waals surface area contributed by atoms with Crippen molar-refractivity contribution in [2.24, 2.45) is 0 Å². The standard InChI is InChI=1S/C18H21F3N4O3.ClH/c1-27-14-4-3-13(11-15(14)28-12-18(19,20)21)24-16(26)17(5-8-22-9-6-17)25-10-2-7-23-25;/h2-4,7,10-11,22H,5-6,8-9,12H2,1H3,(H,24,26);1H. The Kier molecular flexibility index (Phi) is 7.37. The van der Waals surface area contributed by atoms with Gasteiger partial charge in [0.2, 0.25) is 0 Å². The second-order valence-electron chi connectivity index (χ2n) is 6.46. The number of amides is 1. The summed E-state index contributed by atoms with van der Waals surface area (Å²) < 4.78 is 49.0. The fraction of sp³-hybridized carbons (Fsp3) is 0.444. The largest absolute Gasteiger partial charge is 0.493 e. The van der Waals surface area contributed by atoms with Gasteiger partial charge in [-0.05, 0) is 44.1 Å². The van der Waals surface area contributed by atoms with Crippen LogP contribution in [-0.4, -0.2) is 48.7 Å². The number of nitrogens with zero attached hydrogens (tertiary/aromatic N) is 2. The molecule has 1 aromatic heterocycles. The molecule has 7 nitrogen and oxygen atoms in total. The van der Waals surface area contributed by atoms with Crippen molar-refractivity contribution in [2.75, 3.05) is 32.1 Å². The second kappa shape index (κ2) is 9.36. The van der Waals surface area contributed by atoms with Crippen LogP contribution in [0, 0.1) is 0 Å². The minimum atomic E-state index is -4.48. The Morgan fingerprint density at radius 3 is 2.62 bits per heavy atom. The van der Waals surface area contributed by atoms with E-state index in [9.17, 15) is 18.0 Å². The van der Waals surface area contributed by atoms with E-state index in [0.717, 1.165) is 0 Å². The van der Waals surface area contributed by atoms with Crippen LogP contribution < -0.4 is 20.1 Å². The van der Waals surface area contributed by atoms with Gasteiger partial charge in [0.15, 0.2) is 18.1 Å². The van der Waals surface area contributed by atoms with Gasteiger partial charge in [0, 0.05) is 24.1 Å². The van der Waals surface area contributed by atoms with Crippen LogP contribution in [0.5, 0.6) is 11.5 Å². The molecule has 0 bridgehead atoms. The zero-order valence-corrected chi connectivity index (χ0v) is 16.5. The molecule has 2 heterocycles. The van der Waals surface area contributed by atoms with Crippen LogP contribution >= 0.6 is 12.4 Å². The summed E-state index contributed by atoms with van der Waals surface area (Å²) in [6, 6.07) is 6.06. The van der Waals surface area contributed by atoms with E-state index in [4.69, 9.17) is 9.47 Å². The summed E-state index contributed by atoms with van der Waals surface area (Å²) in [5.41, 5.74) is -0.560. The van der Waals surface area contributed by atoms with Gasteiger partial charge < -0.3 is 20.1 Å². The highest BCUT2D eigenvalue weighted by Gasteiger charge is 2.42. The van der Waals surface area contributed by atoms with E-state index in [1.165, 1.54) is 19.2 Å². The number of piperidine rings is 1. The molecule has 1 saturated heterocycles. The predicted molar refractivity (Wildman–Crippen MR) is 103 cm³/mol. The molecule has 29 heavy (non-hydrogen) atoms. The van der Waals surface area contributed by atoms with E-state index >= 15 is 0 Å². The van der Waals surface area contributed by atoms with Crippen molar-refractivity contribution in [2.45, 2.75) is 24.6 Å². The lowest BCUT2D eigenvalue weighted by molar-refractivity contribution is -0.153. The molecule has 1 aromatic carbocycles. The number of carbonyl (C=O) groups excluding carboxylic acids is 1. The third-order valence-corrected chi connectivity index (χ3v) is 4.61. The topological polar surface area (TPSA) is 77.4 Å². The quantitative estimate of drug-likeness (QED) is 0.731. The molecule has 3 rings (SSSR count). The molecule has 0 atom stereocenters. The number of hydrogen-bond acceptors (Lipinski definition) is 5. The monoisotopic (exact) mass is 434 g/mol. The highest BCUT2D eigenvalue weighted by molar-refractivity contribution is 5.97. The van der Waals surface area contributed by atoms with E-state index in [1.807, 2.05) is 0 Å². The lowest BCUT2D eigenvalue weighted by Gasteiger charge is -2.36. The molecule has 1 amide bonds.